The molecule has 0 aliphatic rings. The fourth-order valence-electron chi connectivity index (χ4n) is 0.873. The molecule has 0 spiro atoms. The van der Waals surface area contributed by atoms with E-state index in [0.29, 0.717) is 0 Å². The molecule has 0 aromatic carbocycles. The van der Waals surface area contributed by atoms with Crippen LogP contribution in [0, 0.1) is 0 Å². The number of hydrogen-bond donors (Lipinski definition) is 0. The van der Waals surface area contributed by atoms with Crippen LogP contribution in [0.3, 0.4) is 0 Å². The minimum atomic E-state index is 1.17. The van der Waals surface area contributed by atoms with E-state index < -0.39 is 0 Å². The average molecular weight is 158 g/mol. The van der Waals surface area contributed by atoms with Crippen molar-refractivity contribution in [2.75, 3.05) is 0 Å². The summed E-state index contributed by atoms with van der Waals surface area (Å²) in [5, 5.41) is 0. The zero-order valence-electron chi connectivity index (χ0n) is 7.15. The van der Waals surface area contributed by atoms with Gasteiger partial charge in [0.2, 0.25) is 0 Å². The van der Waals surface area contributed by atoms with Crippen molar-refractivity contribution in [1.82, 2.24) is 0 Å². The van der Waals surface area contributed by atoms with Crippen LogP contribution >= 0.6 is 12.2 Å². The second kappa shape index (κ2) is 7.20. The van der Waals surface area contributed by atoms with Crippen molar-refractivity contribution in [3.05, 3.63) is 0 Å². The Morgan fingerprint density at radius 1 is 1.00 bits per heavy atom. The van der Waals surface area contributed by atoms with Crippen molar-refractivity contribution < 1.29 is 0 Å². The van der Waals surface area contributed by atoms with Gasteiger partial charge in [-0.25, -0.2) is 0 Å². The highest BCUT2D eigenvalue weighted by atomic mass is 32.1. The van der Waals surface area contributed by atoms with Crippen LogP contribution in [-0.4, -0.2) is 4.86 Å². The van der Waals surface area contributed by atoms with E-state index in [1.54, 1.807) is 0 Å². The Morgan fingerprint density at radius 2 is 1.40 bits per heavy atom. The first-order valence-corrected chi connectivity index (χ1v) is 4.73. The van der Waals surface area contributed by atoms with Gasteiger partial charge in [-0.2, -0.15) is 0 Å². The van der Waals surface area contributed by atoms with Crippen molar-refractivity contribution in [2.24, 2.45) is 0 Å². The first-order chi connectivity index (χ1) is 4.81. The number of rotatable bonds is 6. The summed E-state index contributed by atoms with van der Waals surface area (Å²) >= 11 is 5.18. The fraction of sp³-hybridized carbons (Fsp3) is 0.889. The second-order valence-corrected chi connectivity index (χ2v) is 3.32. The van der Waals surface area contributed by atoms with Crippen molar-refractivity contribution >= 4 is 17.1 Å². The molecule has 1 heteroatoms. The predicted octanol–water partition coefficient (Wildman–Crippen LogP) is 3.74. The average Bonchev–Trinajstić information content (AvgIpc) is 1.97. The fourth-order valence-corrected chi connectivity index (χ4v) is 1.16. The lowest BCUT2D eigenvalue weighted by molar-refractivity contribution is 0.796. The van der Waals surface area contributed by atoms with Gasteiger partial charge in [0.05, 0.1) is 0 Å². The Kier molecular flexibility index (Phi) is 7.26. The minimum absolute atomic E-state index is 1.17. The summed E-state index contributed by atoms with van der Waals surface area (Å²) in [5.41, 5.74) is 0. The lowest BCUT2D eigenvalue weighted by Gasteiger charge is -1.99. The van der Waals surface area contributed by atoms with Gasteiger partial charge in [-0.15, -0.1) is 0 Å². The molecule has 0 N–H and O–H groups in total. The highest BCUT2D eigenvalue weighted by Crippen LogP contribution is 2.04. The molecule has 0 saturated heterocycles. The van der Waals surface area contributed by atoms with Gasteiger partial charge in [0, 0.05) is 0 Å². The Labute approximate surface area is 70.0 Å². The summed E-state index contributed by atoms with van der Waals surface area (Å²) in [6.07, 6.45) is 7.45. The quantitative estimate of drug-likeness (QED) is 0.531. The molecule has 0 nitrogen and oxygen atoms in total. The van der Waals surface area contributed by atoms with Gasteiger partial charge in [0.1, 0.15) is 0 Å². The summed E-state index contributed by atoms with van der Waals surface area (Å²) in [5.74, 6) is 0. The molecule has 0 fully saturated rings. The predicted molar refractivity (Wildman–Crippen MR) is 51.6 cm³/mol. The zero-order chi connectivity index (χ0) is 7.82. The van der Waals surface area contributed by atoms with Crippen LogP contribution < -0.4 is 0 Å². The van der Waals surface area contributed by atoms with E-state index in [0.717, 1.165) is 0 Å². The molecular formula is C9H18S. The summed E-state index contributed by atoms with van der Waals surface area (Å²) < 4.78 is 0. The molecule has 10 heavy (non-hydrogen) atoms. The molecule has 0 radical (unpaired) electrons. The molecule has 0 aliphatic heterocycles. The molecule has 0 atom stereocenters. The van der Waals surface area contributed by atoms with Crippen molar-refractivity contribution in [1.29, 1.82) is 0 Å². The van der Waals surface area contributed by atoms with E-state index in [2.05, 4.69) is 13.8 Å². The van der Waals surface area contributed by atoms with Crippen LogP contribution in [0.15, 0.2) is 0 Å². The molecular weight excluding hydrogens is 140 g/mol. The molecule has 0 amide bonds. The Hall–Kier alpha value is 0.0900. The first-order valence-electron chi connectivity index (χ1n) is 4.33. The van der Waals surface area contributed by atoms with E-state index in [4.69, 9.17) is 12.2 Å². The smallest absolute Gasteiger partial charge is 0.00715 e. The van der Waals surface area contributed by atoms with Crippen molar-refractivity contribution in [3.8, 4) is 0 Å². The van der Waals surface area contributed by atoms with Gasteiger partial charge in [0.25, 0.3) is 0 Å². The lowest BCUT2D eigenvalue weighted by atomic mass is 10.1. The summed E-state index contributed by atoms with van der Waals surface area (Å²) in [4.78, 5) is 1.28. The molecule has 0 unspecified atom stereocenters. The highest BCUT2D eigenvalue weighted by Gasteiger charge is 1.93. The number of unbranched alkanes of at least 4 members (excludes halogenated alkanes) is 2. The van der Waals surface area contributed by atoms with Gasteiger partial charge in [-0.05, 0) is 30.5 Å². The van der Waals surface area contributed by atoms with Crippen molar-refractivity contribution in [3.63, 3.8) is 0 Å². The molecule has 0 aliphatic carbocycles. The largest absolute Gasteiger partial charge is 0.0897 e. The van der Waals surface area contributed by atoms with Crippen LogP contribution in [0.25, 0.3) is 0 Å². The monoisotopic (exact) mass is 158 g/mol. The Bertz CT molecular complexity index is 76.7. The third-order valence-electron chi connectivity index (χ3n) is 1.62. The van der Waals surface area contributed by atoms with Crippen molar-refractivity contribution in [2.45, 2.75) is 52.4 Å². The first kappa shape index (κ1) is 10.1. The third-order valence-corrected chi connectivity index (χ3v) is 2.03. The van der Waals surface area contributed by atoms with E-state index in [-0.39, 0.29) is 0 Å². The Morgan fingerprint density at radius 3 is 1.70 bits per heavy atom. The van der Waals surface area contributed by atoms with Gasteiger partial charge in [0.15, 0.2) is 0 Å². The van der Waals surface area contributed by atoms with Crippen LogP contribution in [0.2, 0.25) is 0 Å². The van der Waals surface area contributed by atoms with Gasteiger partial charge >= 0.3 is 0 Å². The van der Waals surface area contributed by atoms with Crippen LogP contribution in [0.1, 0.15) is 52.4 Å². The van der Waals surface area contributed by atoms with E-state index in [1.165, 1.54) is 43.4 Å². The van der Waals surface area contributed by atoms with E-state index in [9.17, 15) is 0 Å². The number of thiocarbonyl (C=S) groups is 1. The second-order valence-electron chi connectivity index (χ2n) is 2.75. The molecule has 0 bridgehead atoms. The molecule has 0 heterocycles. The highest BCUT2D eigenvalue weighted by molar-refractivity contribution is 7.80. The van der Waals surface area contributed by atoms with Gasteiger partial charge < -0.3 is 0 Å². The lowest BCUT2D eigenvalue weighted by Crippen LogP contribution is -1.93. The van der Waals surface area contributed by atoms with Gasteiger partial charge in [-0.1, -0.05) is 38.9 Å². The normalized spacial score (nSPS) is 9.80. The Balaban J connectivity index is 3.09. The molecule has 0 saturated carbocycles. The van der Waals surface area contributed by atoms with Crippen LogP contribution in [-0.2, 0) is 0 Å². The summed E-state index contributed by atoms with van der Waals surface area (Å²) in [7, 11) is 0. The van der Waals surface area contributed by atoms with Crippen LogP contribution in [0.5, 0.6) is 0 Å². The number of hydrogen-bond acceptors (Lipinski definition) is 1. The maximum absolute atomic E-state index is 5.18. The maximum Gasteiger partial charge on any atom is -0.00715 e. The molecule has 60 valence electrons. The SMILES string of the molecule is CCCCC(=S)CCCC. The van der Waals surface area contributed by atoms with E-state index >= 15 is 0 Å². The topological polar surface area (TPSA) is 0 Å². The zero-order valence-corrected chi connectivity index (χ0v) is 7.97. The third kappa shape index (κ3) is 6.21. The molecule has 0 rings (SSSR count). The van der Waals surface area contributed by atoms with E-state index in [1.807, 2.05) is 0 Å². The molecule has 0 aromatic rings. The van der Waals surface area contributed by atoms with Crippen LogP contribution in [0.4, 0.5) is 0 Å². The summed E-state index contributed by atoms with van der Waals surface area (Å²) in [6.45, 7) is 4.42. The standard InChI is InChI=1S/C9H18S/c1-3-5-7-9(10)8-6-4-2/h3-8H2,1-2H3. The molecule has 0 aromatic heterocycles. The summed E-state index contributed by atoms with van der Waals surface area (Å²) in [6, 6.07) is 0. The maximum atomic E-state index is 5.18. The van der Waals surface area contributed by atoms with Gasteiger partial charge in [-0.3, -0.25) is 0 Å². The minimum Gasteiger partial charge on any atom is -0.0897 e.